The molecule has 1 aromatic carbocycles. The lowest BCUT2D eigenvalue weighted by molar-refractivity contribution is 0.0946. The molecule has 27 heavy (non-hydrogen) atoms. The summed E-state index contributed by atoms with van der Waals surface area (Å²) >= 11 is 0. The molecule has 1 aromatic rings. The molecule has 0 radical (unpaired) electrons. The molecule has 0 unspecified atom stereocenters. The quantitative estimate of drug-likeness (QED) is 0.585. The van der Waals surface area contributed by atoms with E-state index in [2.05, 4.69) is 10.2 Å². The molecule has 0 aliphatic heterocycles. The molecule has 0 fully saturated rings. The third kappa shape index (κ3) is 6.36. The molecule has 1 rings (SSSR count). The second-order valence-electron chi connectivity index (χ2n) is 5.89. The first-order valence-corrected chi connectivity index (χ1v) is 12.0. The van der Waals surface area contributed by atoms with Crippen molar-refractivity contribution in [3.05, 3.63) is 23.8 Å². The summed E-state index contributed by atoms with van der Waals surface area (Å²) in [4.78, 5) is 14.5. The SMILES string of the molecule is CCN(CC)CCNC(=O)c1ccc(N(S(C)(=O)=O)S(C)(=O)=O)cc1OC. The summed E-state index contributed by atoms with van der Waals surface area (Å²) in [5.41, 5.74) is 0.0549. The molecular formula is C16H27N3O6S2. The average Bonchev–Trinajstić information content (AvgIpc) is 2.55. The van der Waals surface area contributed by atoms with E-state index >= 15 is 0 Å². The number of ether oxygens (including phenoxy) is 1. The number of sulfonamides is 2. The van der Waals surface area contributed by atoms with Crippen molar-refractivity contribution in [2.45, 2.75) is 13.8 Å². The van der Waals surface area contributed by atoms with Gasteiger partial charge in [-0.05, 0) is 25.2 Å². The topological polar surface area (TPSA) is 113 Å². The highest BCUT2D eigenvalue weighted by Gasteiger charge is 2.28. The van der Waals surface area contributed by atoms with Gasteiger partial charge in [0.2, 0.25) is 20.0 Å². The van der Waals surface area contributed by atoms with E-state index in [9.17, 15) is 21.6 Å². The van der Waals surface area contributed by atoms with E-state index in [-0.39, 0.29) is 17.0 Å². The zero-order valence-electron chi connectivity index (χ0n) is 16.2. The molecule has 0 saturated carbocycles. The van der Waals surface area contributed by atoms with Gasteiger partial charge in [-0.15, -0.1) is 0 Å². The Balaban J connectivity index is 3.11. The number of methoxy groups -OCH3 is 1. The largest absolute Gasteiger partial charge is 0.496 e. The van der Waals surface area contributed by atoms with Gasteiger partial charge >= 0.3 is 0 Å². The highest BCUT2D eigenvalue weighted by Crippen LogP contribution is 2.28. The van der Waals surface area contributed by atoms with Crippen molar-refractivity contribution >= 4 is 31.6 Å². The molecule has 0 aromatic heterocycles. The van der Waals surface area contributed by atoms with Gasteiger partial charge < -0.3 is 15.0 Å². The van der Waals surface area contributed by atoms with Crippen LogP contribution >= 0.6 is 0 Å². The summed E-state index contributed by atoms with van der Waals surface area (Å²) in [5.74, 6) is -0.319. The van der Waals surface area contributed by atoms with E-state index in [0.717, 1.165) is 25.6 Å². The molecule has 0 bridgehead atoms. The van der Waals surface area contributed by atoms with Crippen LogP contribution in [-0.4, -0.2) is 73.4 Å². The van der Waals surface area contributed by atoms with Crippen molar-refractivity contribution in [2.24, 2.45) is 0 Å². The van der Waals surface area contributed by atoms with Crippen molar-refractivity contribution in [1.29, 1.82) is 0 Å². The van der Waals surface area contributed by atoms with Crippen LogP contribution in [0.2, 0.25) is 0 Å². The van der Waals surface area contributed by atoms with Crippen molar-refractivity contribution in [3.63, 3.8) is 0 Å². The first-order chi connectivity index (χ1) is 12.5. The molecule has 0 heterocycles. The van der Waals surface area contributed by atoms with Crippen LogP contribution in [0.15, 0.2) is 18.2 Å². The number of benzene rings is 1. The van der Waals surface area contributed by atoms with Crippen LogP contribution in [-0.2, 0) is 20.0 Å². The number of nitrogens with zero attached hydrogens (tertiary/aromatic N) is 2. The van der Waals surface area contributed by atoms with Crippen molar-refractivity contribution in [2.75, 3.05) is 49.5 Å². The number of nitrogens with one attached hydrogen (secondary N) is 1. The standard InChI is InChI=1S/C16H27N3O6S2/c1-6-18(7-2)11-10-17-16(20)14-9-8-13(12-15(14)25-3)19(26(4,21)22)27(5,23)24/h8-9,12H,6-7,10-11H2,1-5H3,(H,17,20). The molecule has 0 spiro atoms. The van der Waals surface area contributed by atoms with E-state index in [1.165, 1.54) is 25.3 Å². The molecule has 0 atom stereocenters. The summed E-state index contributed by atoms with van der Waals surface area (Å²) in [6, 6.07) is 3.80. The van der Waals surface area contributed by atoms with Crippen LogP contribution in [0.1, 0.15) is 24.2 Å². The Morgan fingerprint density at radius 1 is 1.07 bits per heavy atom. The third-order valence-corrected chi connectivity index (χ3v) is 7.10. The first kappa shape index (κ1) is 23.2. The molecule has 1 amide bonds. The van der Waals surface area contributed by atoms with E-state index in [4.69, 9.17) is 4.74 Å². The van der Waals surface area contributed by atoms with Gasteiger partial charge in [-0.3, -0.25) is 4.79 Å². The summed E-state index contributed by atoms with van der Waals surface area (Å²) in [7, 11) is -6.84. The molecule has 9 nitrogen and oxygen atoms in total. The lowest BCUT2D eigenvalue weighted by Crippen LogP contribution is -2.36. The van der Waals surface area contributed by atoms with Crippen LogP contribution in [0.5, 0.6) is 5.75 Å². The predicted octanol–water partition coefficient (Wildman–Crippen LogP) is 0.492. The second kappa shape index (κ2) is 9.38. The van der Waals surface area contributed by atoms with Crippen molar-refractivity contribution < 1.29 is 26.4 Å². The Hall–Kier alpha value is -1.85. The van der Waals surface area contributed by atoms with Gasteiger partial charge in [-0.2, -0.15) is 3.71 Å². The number of amides is 1. The highest BCUT2D eigenvalue weighted by molar-refractivity contribution is 8.09. The Kier molecular flexibility index (Phi) is 8.05. The van der Waals surface area contributed by atoms with Gasteiger partial charge in [0.1, 0.15) is 5.75 Å². The number of hydrogen-bond acceptors (Lipinski definition) is 7. The molecule has 1 N–H and O–H groups in total. The first-order valence-electron chi connectivity index (χ1n) is 8.34. The minimum Gasteiger partial charge on any atom is -0.496 e. The summed E-state index contributed by atoms with van der Waals surface area (Å²) in [6.45, 7) is 6.93. The van der Waals surface area contributed by atoms with Gasteiger partial charge in [0, 0.05) is 19.2 Å². The minimum atomic E-state index is -4.08. The Morgan fingerprint density at radius 2 is 1.63 bits per heavy atom. The zero-order chi connectivity index (χ0) is 20.8. The number of hydrogen-bond donors (Lipinski definition) is 1. The van der Waals surface area contributed by atoms with Gasteiger partial charge in [0.05, 0.1) is 30.9 Å². The summed E-state index contributed by atoms with van der Waals surface area (Å²) in [6.07, 6.45) is 1.57. The summed E-state index contributed by atoms with van der Waals surface area (Å²) in [5, 5.41) is 2.77. The minimum absolute atomic E-state index is 0.0742. The summed E-state index contributed by atoms with van der Waals surface area (Å²) < 4.78 is 53.0. The van der Waals surface area contributed by atoms with E-state index < -0.39 is 26.0 Å². The molecule has 154 valence electrons. The van der Waals surface area contributed by atoms with Gasteiger partial charge in [0.15, 0.2) is 0 Å². The van der Waals surface area contributed by atoms with Crippen LogP contribution in [0.25, 0.3) is 0 Å². The van der Waals surface area contributed by atoms with Crippen LogP contribution in [0, 0.1) is 0 Å². The Labute approximate surface area is 161 Å². The number of carbonyl (C=O) groups excluding carboxylic acids is 1. The highest BCUT2D eigenvalue weighted by atomic mass is 32.3. The average molecular weight is 422 g/mol. The maximum atomic E-state index is 12.4. The lowest BCUT2D eigenvalue weighted by atomic mass is 10.1. The number of anilines is 1. The fourth-order valence-corrected chi connectivity index (χ4v) is 5.53. The Bertz CT molecular complexity index is 832. The van der Waals surface area contributed by atoms with E-state index in [1.807, 2.05) is 13.8 Å². The van der Waals surface area contributed by atoms with Gasteiger partial charge in [-0.1, -0.05) is 13.8 Å². The van der Waals surface area contributed by atoms with E-state index in [1.54, 1.807) is 0 Å². The smallest absolute Gasteiger partial charge is 0.255 e. The monoisotopic (exact) mass is 421 g/mol. The molecule has 0 aliphatic rings. The van der Waals surface area contributed by atoms with Gasteiger partial charge in [-0.25, -0.2) is 16.8 Å². The molecule has 0 saturated heterocycles. The van der Waals surface area contributed by atoms with Crippen molar-refractivity contribution in [3.8, 4) is 5.75 Å². The fourth-order valence-electron chi connectivity index (χ4n) is 2.57. The predicted molar refractivity (Wildman–Crippen MR) is 105 cm³/mol. The lowest BCUT2D eigenvalue weighted by Gasteiger charge is -2.21. The van der Waals surface area contributed by atoms with Gasteiger partial charge in [0.25, 0.3) is 5.91 Å². The van der Waals surface area contributed by atoms with E-state index in [0.29, 0.717) is 16.8 Å². The number of likely N-dealkylation sites (N-methyl/N-ethyl adjacent to an activating group) is 1. The van der Waals surface area contributed by atoms with Crippen LogP contribution in [0.3, 0.4) is 0 Å². The second-order valence-corrected chi connectivity index (χ2v) is 9.78. The molecule has 11 heteroatoms. The number of rotatable bonds is 10. The van der Waals surface area contributed by atoms with Crippen LogP contribution in [0.4, 0.5) is 5.69 Å². The maximum Gasteiger partial charge on any atom is 0.255 e. The zero-order valence-corrected chi connectivity index (χ0v) is 17.9. The Morgan fingerprint density at radius 3 is 2.07 bits per heavy atom. The molecule has 0 aliphatic carbocycles. The third-order valence-electron chi connectivity index (χ3n) is 3.85. The van der Waals surface area contributed by atoms with Crippen LogP contribution < -0.4 is 13.8 Å². The normalized spacial score (nSPS) is 12.1. The fraction of sp³-hybridized carbons (Fsp3) is 0.562. The number of carbonyl (C=O) groups is 1. The maximum absolute atomic E-state index is 12.4. The van der Waals surface area contributed by atoms with Crippen molar-refractivity contribution in [1.82, 2.24) is 10.2 Å². The molecular weight excluding hydrogens is 394 g/mol.